The maximum absolute atomic E-state index is 5.98. The van der Waals surface area contributed by atoms with Crippen LogP contribution in [0, 0.1) is 6.92 Å². The minimum atomic E-state index is 0.705. The first-order chi connectivity index (χ1) is 11.6. The summed E-state index contributed by atoms with van der Waals surface area (Å²) in [4.78, 5) is 2.05. The molecular formula is C20H22N2OS. The molecule has 0 amide bonds. The molecule has 124 valence electrons. The number of anilines is 1. The molecule has 0 aliphatic heterocycles. The summed E-state index contributed by atoms with van der Waals surface area (Å²) in [6.45, 7) is 4.91. The Kier molecular flexibility index (Phi) is 4.86. The molecule has 3 rings (SSSR count). The quantitative estimate of drug-likeness (QED) is 0.667. The molecule has 0 bridgehead atoms. The van der Waals surface area contributed by atoms with E-state index in [0.717, 1.165) is 30.0 Å². The maximum Gasteiger partial charge on any atom is 0.173 e. The minimum Gasteiger partial charge on any atom is -0.461 e. The molecule has 0 aliphatic rings. The van der Waals surface area contributed by atoms with Gasteiger partial charge in [0, 0.05) is 36.7 Å². The molecule has 1 N–H and O–H groups in total. The Morgan fingerprint density at radius 2 is 1.83 bits per heavy atom. The Labute approximate surface area is 148 Å². The van der Waals surface area contributed by atoms with E-state index in [1.54, 1.807) is 0 Å². The molecule has 1 heterocycles. The van der Waals surface area contributed by atoms with E-state index in [1.807, 2.05) is 43.4 Å². The molecule has 0 fully saturated rings. The predicted molar refractivity (Wildman–Crippen MR) is 104 cm³/mol. The summed E-state index contributed by atoms with van der Waals surface area (Å²) in [5, 5.41) is 5.21. The molecule has 0 saturated carbocycles. The van der Waals surface area contributed by atoms with Crippen LogP contribution in [0.3, 0.4) is 0 Å². The number of thiocarbonyl (C=S) groups is 1. The lowest BCUT2D eigenvalue weighted by Crippen LogP contribution is -2.31. The summed E-state index contributed by atoms with van der Waals surface area (Å²) in [5.74, 6) is 1.03. The lowest BCUT2D eigenvalue weighted by molar-refractivity contribution is 0.488. The molecule has 2 aromatic carbocycles. The van der Waals surface area contributed by atoms with Crippen LogP contribution in [-0.4, -0.2) is 17.1 Å². The van der Waals surface area contributed by atoms with Gasteiger partial charge in [0.25, 0.3) is 0 Å². The predicted octanol–water partition coefficient (Wildman–Crippen LogP) is 5.13. The van der Waals surface area contributed by atoms with E-state index in [1.165, 1.54) is 16.5 Å². The Bertz CT molecular complexity index is 869. The number of hydrogen-bond acceptors (Lipinski definition) is 2. The van der Waals surface area contributed by atoms with Gasteiger partial charge in [-0.1, -0.05) is 43.3 Å². The average Bonchev–Trinajstić information content (AvgIpc) is 2.94. The number of hydrogen-bond donors (Lipinski definition) is 1. The van der Waals surface area contributed by atoms with Crippen LogP contribution in [0.1, 0.15) is 23.8 Å². The molecule has 0 aliphatic carbocycles. The summed E-state index contributed by atoms with van der Waals surface area (Å²) in [6.07, 6.45) is 0.871. The maximum atomic E-state index is 5.98. The topological polar surface area (TPSA) is 28.4 Å². The molecular weight excluding hydrogens is 316 g/mol. The van der Waals surface area contributed by atoms with Gasteiger partial charge in [0.2, 0.25) is 0 Å². The van der Waals surface area contributed by atoms with Crippen molar-refractivity contribution in [3.8, 4) is 0 Å². The number of benzene rings is 2. The minimum absolute atomic E-state index is 0.705. The van der Waals surface area contributed by atoms with Gasteiger partial charge in [-0.05, 0) is 36.8 Å². The Morgan fingerprint density at radius 3 is 2.58 bits per heavy atom. The molecule has 1 aromatic heterocycles. The zero-order valence-electron chi connectivity index (χ0n) is 14.3. The van der Waals surface area contributed by atoms with Gasteiger partial charge in [-0.25, -0.2) is 0 Å². The first kappa shape index (κ1) is 16.5. The first-order valence-corrected chi connectivity index (χ1v) is 8.58. The van der Waals surface area contributed by atoms with Gasteiger partial charge in [0.15, 0.2) is 5.11 Å². The highest BCUT2D eigenvalue weighted by atomic mass is 32.1. The van der Waals surface area contributed by atoms with Crippen LogP contribution >= 0.6 is 12.2 Å². The SMILES string of the molecule is CCc1oc2ccccc2c1CN(C)C(=S)Nc1ccccc1C. The van der Waals surface area contributed by atoms with E-state index in [-0.39, 0.29) is 0 Å². The van der Waals surface area contributed by atoms with Crippen LogP contribution in [-0.2, 0) is 13.0 Å². The van der Waals surface area contributed by atoms with E-state index in [2.05, 4.69) is 36.2 Å². The van der Waals surface area contributed by atoms with Gasteiger partial charge < -0.3 is 14.6 Å². The molecule has 3 aromatic rings. The van der Waals surface area contributed by atoms with Gasteiger partial charge in [-0.2, -0.15) is 0 Å². The molecule has 0 spiro atoms. The van der Waals surface area contributed by atoms with Crippen molar-refractivity contribution >= 4 is 34.0 Å². The molecule has 0 saturated heterocycles. The summed E-state index contributed by atoms with van der Waals surface area (Å²) in [6, 6.07) is 16.3. The zero-order valence-corrected chi connectivity index (χ0v) is 15.1. The van der Waals surface area contributed by atoms with Crippen molar-refractivity contribution < 1.29 is 4.42 Å². The van der Waals surface area contributed by atoms with Gasteiger partial charge in [0.1, 0.15) is 11.3 Å². The second kappa shape index (κ2) is 7.05. The third-order valence-corrected chi connectivity index (χ3v) is 4.65. The van der Waals surface area contributed by atoms with Crippen molar-refractivity contribution in [3.05, 3.63) is 65.4 Å². The van der Waals surface area contributed by atoms with E-state index in [9.17, 15) is 0 Å². The smallest absolute Gasteiger partial charge is 0.173 e. The second-order valence-corrected chi connectivity index (χ2v) is 6.34. The largest absolute Gasteiger partial charge is 0.461 e. The fourth-order valence-electron chi connectivity index (χ4n) is 2.84. The van der Waals surface area contributed by atoms with Gasteiger partial charge in [0.05, 0.1) is 0 Å². The highest BCUT2D eigenvalue weighted by Gasteiger charge is 2.16. The number of furan rings is 1. The van der Waals surface area contributed by atoms with Crippen LogP contribution in [0.15, 0.2) is 52.9 Å². The average molecular weight is 338 g/mol. The number of nitrogens with one attached hydrogen (secondary N) is 1. The third-order valence-electron chi connectivity index (χ3n) is 4.23. The van der Waals surface area contributed by atoms with E-state index < -0.39 is 0 Å². The number of para-hydroxylation sites is 2. The molecule has 24 heavy (non-hydrogen) atoms. The summed E-state index contributed by atoms with van der Waals surface area (Å²) in [5.41, 5.74) is 4.37. The number of aryl methyl sites for hydroxylation is 2. The number of rotatable bonds is 4. The fraction of sp³-hybridized carbons (Fsp3) is 0.250. The zero-order chi connectivity index (χ0) is 17.1. The lowest BCUT2D eigenvalue weighted by atomic mass is 10.1. The van der Waals surface area contributed by atoms with Crippen molar-refractivity contribution in [3.63, 3.8) is 0 Å². The van der Waals surface area contributed by atoms with Crippen LogP contribution in [0.2, 0.25) is 0 Å². The van der Waals surface area contributed by atoms with Crippen LogP contribution in [0.4, 0.5) is 5.69 Å². The molecule has 0 radical (unpaired) electrons. The Morgan fingerprint density at radius 1 is 1.12 bits per heavy atom. The Hall–Kier alpha value is -2.33. The summed E-state index contributed by atoms with van der Waals surface area (Å²) < 4.78 is 5.98. The van der Waals surface area contributed by atoms with Crippen LogP contribution in [0.5, 0.6) is 0 Å². The first-order valence-electron chi connectivity index (χ1n) is 8.17. The van der Waals surface area contributed by atoms with E-state index in [4.69, 9.17) is 16.6 Å². The molecule has 0 unspecified atom stereocenters. The molecule has 3 nitrogen and oxygen atoms in total. The van der Waals surface area contributed by atoms with Gasteiger partial charge in [-0.15, -0.1) is 0 Å². The fourth-order valence-corrected chi connectivity index (χ4v) is 3.02. The highest BCUT2D eigenvalue weighted by Crippen LogP contribution is 2.27. The molecule has 4 heteroatoms. The van der Waals surface area contributed by atoms with Crippen molar-refractivity contribution in [2.45, 2.75) is 26.8 Å². The van der Waals surface area contributed by atoms with Gasteiger partial charge in [-0.3, -0.25) is 0 Å². The van der Waals surface area contributed by atoms with Crippen LogP contribution < -0.4 is 5.32 Å². The monoisotopic (exact) mass is 338 g/mol. The second-order valence-electron chi connectivity index (χ2n) is 5.95. The van der Waals surface area contributed by atoms with E-state index in [0.29, 0.717) is 5.11 Å². The van der Waals surface area contributed by atoms with Gasteiger partial charge >= 0.3 is 0 Å². The lowest BCUT2D eigenvalue weighted by Gasteiger charge is -2.22. The normalized spacial score (nSPS) is 10.8. The Balaban J connectivity index is 1.81. The van der Waals surface area contributed by atoms with Crippen molar-refractivity contribution in [2.75, 3.05) is 12.4 Å². The van der Waals surface area contributed by atoms with Crippen molar-refractivity contribution in [1.82, 2.24) is 4.90 Å². The van der Waals surface area contributed by atoms with Crippen LogP contribution in [0.25, 0.3) is 11.0 Å². The third kappa shape index (κ3) is 3.29. The molecule has 0 atom stereocenters. The number of fused-ring (bicyclic) bond motifs is 1. The summed E-state index contributed by atoms with van der Waals surface area (Å²) >= 11 is 5.58. The van der Waals surface area contributed by atoms with E-state index >= 15 is 0 Å². The van der Waals surface area contributed by atoms with Crippen molar-refractivity contribution in [1.29, 1.82) is 0 Å². The summed E-state index contributed by atoms with van der Waals surface area (Å²) in [7, 11) is 2.01. The van der Waals surface area contributed by atoms with Crippen molar-refractivity contribution in [2.24, 2.45) is 0 Å². The highest BCUT2D eigenvalue weighted by molar-refractivity contribution is 7.80. The standard InChI is InChI=1S/C20H22N2OS/c1-4-18-16(15-10-6-8-12-19(15)23-18)13-22(3)20(24)21-17-11-7-5-9-14(17)2/h5-12H,4,13H2,1-3H3,(H,21,24). The number of nitrogens with zero attached hydrogens (tertiary/aromatic N) is 1.